The minimum atomic E-state index is -0.0877. The fraction of sp³-hybridized carbons (Fsp3) is 0.261. The van der Waals surface area contributed by atoms with Crippen LogP contribution in [-0.4, -0.2) is 46.5 Å². The molecule has 29 heavy (non-hydrogen) atoms. The van der Waals surface area contributed by atoms with Crippen LogP contribution in [-0.2, 0) is 13.0 Å². The van der Waals surface area contributed by atoms with Crippen LogP contribution >= 0.6 is 0 Å². The SMILES string of the molecule is Cc1c(O)cccc1C(=O)N1CCc2c(nc(-c3ccccc3)nc2N(C)C)C1. The minimum Gasteiger partial charge on any atom is -0.508 e. The van der Waals surface area contributed by atoms with Gasteiger partial charge in [-0.3, -0.25) is 4.79 Å². The van der Waals surface area contributed by atoms with Crippen molar-refractivity contribution in [1.29, 1.82) is 0 Å². The van der Waals surface area contributed by atoms with E-state index in [4.69, 9.17) is 9.97 Å². The minimum absolute atomic E-state index is 0.0877. The maximum atomic E-state index is 13.1. The molecule has 2 aromatic carbocycles. The van der Waals surface area contributed by atoms with Crippen LogP contribution in [0.25, 0.3) is 11.4 Å². The van der Waals surface area contributed by atoms with E-state index < -0.39 is 0 Å². The number of carbonyl (C=O) groups is 1. The van der Waals surface area contributed by atoms with Crippen molar-refractivity contribution in [2.75, 3.05) is 25.5 Å². The Labute approximate surface area is 170 Å². The zero-order valence-corrected chi connectivity index (χ0v) is 16.9. The first-order valence-corrected chi connectivity index (χ1v) is 9.66. The molecule has 1 aromatic heterocycles. The summed E-state index contributed by atoms with van der Waals surface area (Å²) in [5.74, 6) is 1.61. The maximum Gasteiger partial charge on any atom is 0.254 e. The molecule has 148 valence electrons. The molecular formula is C23H24N4O2. The quantitative estimate of drug-likeness (QED) is 0.745. The molecule has 1 N–H and O–H groups in total. The summed E-state index contributed by atoms with van der Waals surface area (Å²) in [6, 6.07) is 14.9. The van der Waals surface area contributed by atoms with E-state index in [1.54, 1.807) is 30.0 Å². The normalized spacial score (nSPS) is 13.1. The van der Waals surface area contributed by atoms with Crippen molar-refractivity contribution in [3.8, 4) is 17.1 Å². The van der Waals surface area contributed by atoms with E-state index in [0.717, 1.165) is 22.6 Å². The number of aromatic hydroxyl groups is 1. The van der Waals surface area contributed by atoms with Gasteiger partial charge >= 0.3 is 0 Å². The summed E-state index contributed by atoms with van der Waals surface area (Å²) >= 11 is 0. The molecule has 0 saturated carbocycles. The third kappa shape index (κ3) is 3.53. The number of fused-ring (bicyclic) bond motifs is 1. The Kier molecular flexibility index (Phi) is 4.92. The summed E-state index contributed by atoms with van der Waals surface area (Å²) in [6.07, 6.45) is 0.696. The van der Waals surface area contributed by atoms with Crippen LogP contribution in [0.4, 0.5) is 5.82 Å². The van der Waals surface area contributed by atoms with E-state index in [9.17, 15) is 9.90 Å². The van der Waals surface area contributed by atoms with Crippen molar-refractivity contribution in [3.05, 3.63) is 70.9 Å². The van der Waals surface area contributed by atoms with E-state index >= 15 is 0 Å². The van der Waals surface area contributed by atoms with Gasteiger partial charge in [-0.15, -0.1) is 0 Å². The van der Waals surface area contributed by atoms with Crippen molar-refractivity contribution in [3.63, 3.8) is 0 Å². The number of phenols is 1. The smallest absolute Gasteiger partial charge is 0.254 e. The number of phenolic OH excluding ortho intramolecular Hbond substituents is 1. The predicted molar refractivity (Wildman–Crippen MR) is 113 cm³/mol. The summed E-state index contributed by atoms with van der Waals surface area (Å²) in [4.78, 5) is 26.5. The second-order valence-corrected chi connectivity index (χ2v) is 7.48. The standard InChI is InChI=1S/C23H24N4O2/c1-15-17(10-7-11-20(15)28)23(29)27-13-12-18-19(14-27)24-21(25-22(18)26(2)3)16-8-5-4-6-9-16/h4-11,28H,12-14H2,1-3H3. The molecule has 1 aliphatic heterocycles. The molecule has 2 heterocycles. The summed E-state index contributed by atoms with van der Waals surface area (Å²) in [5, 5.41) is 9.97. The molecule has 0 atom stereocenters. The molecule has 3 aromatic rings. The molecule has 0 spiro atoms. The van der Waals surface area contributed by atoms with E-state index in [0.29, 0.717) is 36.5 Å². The Balaban J connectivity index is 1.72. The fourth-order valence-electron chi connectivity index (χ4n) is 3.70. The Morgan fingerprint density at radius 1 is 1.07 bits per heavy atom. The third-order valence-corrected chi connectivity index (χ3v) is 5.32. The average molecular weight is 388 g/mol. The van der Waals surface area contributed by atoms with Crippen molar-refractivity contribution in [2.45, 2.75) is 19.9 Å². The number of benzene rings is 2. The van der Waals surface area contributed by atoms with Gasteiger partial charge in [-0.05, 0) is 25.5 Å². The second kappa shape index (κ2) is 7.54. The Morgan fingerprint density at radius 2 is 1.83 bits per heavy atom. The lowest BCUT2D eigenvalue weighted by Gasteiger charge is -2.31. The van der Waals surface area contributed by atoms with Crippen LogP contribution in [0.2, 0.25) is 0 Å². The van der Waals surface area contributed by atoms with Gasteiger partial charge in [0, 0.05) is 42.9 Å². The first kappa shape index (κ1) is 18.9. The van der Waals surface area contributed by atoms with Crippen LogP contribution in [0.3, 0.4) is 0 Å². The topological polar surface area (TPSA) is 69.6 Å². The van der Waals surface area contributed by atoms with Crippen molar-refractivity contribution in [2.24, 2.45) is 0 Å². The van der Waals surface area contributed by atoms with Crippen LogP contribution in [0.1, 0.15) is 27.2 Å². The van der Waals surface area contributed by atoms with Crippen LogP contribution < -0.4 is 4.90 Å². The van der Waals surface area contributed by atoms with E-state index in [-0.39, 0.29) is 11.7 Å². The van der Waals surface area contributed by atoms with Gasteiger partial charge in [0.25, 0.3) is 5.91 Å². The number of aromatic nitrogens is 2. The summed E-state index contributed by atoms with van der Waals surface area (Å²) < 4.78 is 0. The molecule has 0 aliphatic carbocycles. The van der Waals surface area contributed by atoms with Gasteiger partial charge in [0.05, 0.1) is 12.2 Å². The average Bonchev–Trinajstić information content (AvgIpc) is 2.74. The van der Waals surface area contributed by atoms with Crippen LogP contribution in [0.15, 0.2) is 48.5 Å². The second-order valence-electron chi connectivity index (χ2n) is 7.48. The third-order valence-electron chi connectivity index (χ3n) is 5.32. The number of nitrogens with zero attached hydrogens (tertiary/aromatic N) is 4. The highest BCUT2D eigenvalue weighted by molar-refractivity contribution is 5.96. The largest absolute Gasteiger partial charge is 0.508 e. The van der Waals surface area contributed by atoms with Gasteiger partial charge in [0.1, 0.15) is 11.6 Å². The highest BCUT2D eigenvalue weighted by atomic mass is 16.3. The summed E-state index contributed by atoms with van der Waals surface area (Å²) in [5.41, 5.74) is 4.04. The molecule has 0 fully saturated rings. The first-order valence-electron chi connectivity index (χ1n) is 9.66. The Bertz CT molecular complexity index is 1060. The van der Waals surface area contributed by atoms with Gasteiger partial charge in [-0.1, -0.05) is 36.4 Å². The highest BCUT2D eigenvalue weighted by Gasteiger charge is 2.27. The molecular weight excluding hydrogens is 364 g/mol. The van der Waals surface area contributed by atoms with Crippen molar-refractivity contribution in [1.82, 2.24) is 14.9 Å². The molecule has 4 rings (SSSR count). The zero-order chi connectivity index (χ0) is 20.5. The predicted octanol–water partition coefficient (Wildman–Crippen LogP) is 3.42. The molecule has 0 radical (unpaired) electrons. The summed E-state index contributed by atoms with van der Waals surface area (Å²) in [7, 11) is 3.95. The number of anilines is 1. The lowest BCUT2D eigenvalue weighted by molar-refractivity contribution is 0.0730. The number of hydrogen-bond acceptors (Lipinski definition) is 5. The lowest BCUT2D eigenvalue weighted by Crippen LogP contribution is -2.37. The van der Waals surface area contributed by atoms with E-state index in [2.05, 4.69) is 0 Å². The fourth-order valence-corrected chi connectivity index (χ4v) is 3.70. The van der Waals surface area contributed by atoms with Gasteiger partial charge in [-0.25, -0.2) is 9.97 Å². The number of hydrogen-bond donors (Lipinski definition) is 1. The summed E-state index contributed by atoms with van der Waals surface area (Å²) in [6.45, 7) is 2.78. The van der Waals surface area contributed by atoms with Gasteiger partial charge < -0.3 is 14.9 Å². The van der Waals surface area contributed by atoms with E-state index in [1.165, 1.54) is 0 Å². The monoisotopic (exact) mass is 388 g/mol. The molecule has 6 heteroatoms. The van der Waals surface area contributed by atoms with Gasteiger partial charge in [0.2, 0.25) is 0 Å². The molecule has 0 unspecified atom stereocenters. The van der Waals surface area contributed by atoms with Crippen molar-refractivity contribution >= 4 is 11.7 Å². The van der Waals surface area contributed by atoms with Gasteiger partial charge in [-0.2, -0.15) is 0 Å². The maximum absolute atomic E-state index is 13.1. The van der Waals surface area contributed by atoms with Crippen LogP contribution in [0.5, 0.6) is 5.75 Å². The first-order chi connectivity index (χ1) is 14.0. The number of rotatable bonds is 3. The van der Waals surface area contributed by atoms with Gasteiger partial charge in [0.15, 0.2) is 5.82 Å². The zero-order valence-electron chi connectivity index (χ0n) is 16.9. The molecule has 1 amide bonds. The van der Waals surface area contributed by atoms with Crippen molar-refractivity contribution < 1.29 is 9.90 Å². The number of carbonyl (C=O) groups excluding carboxylic acids is 1. The number of amides is 1. The van der Waals surface area contributed by atoms with E-state index in [1.807, 2.05) is 49.3 Å². The Hall–Kier alpha value is -3.41. The molecule has 0 saturated heterocycles. The molecule has 6 nitrogen and oxygen atoms in total. The lowest BCUT2D eigenvalue weighted by atomic mass is 10.0. The highest BCUT2D eigenvalue weighted by Crippen LogP contribution is 2.30. The Morgan fingerprint density at radius 3 is 2.55 bits per heavy atom. The molecule has 0 bridgehead atoms. The van der Waals surface area contributed by atoms with Crippen LogP contribution in [0, 0.1) is 6.92 Å². The molecule has 1 aliphatic rings.